The smallest absolute Gasteiger partial charge is 0.307 e. The molecule has 1 heterocycles. The number of rotatable bonds is 3. The molecule has 1 aliphatic rings. The number of ether oxygens (including phenoxy) is 1. The van der Waals surface area contributed by atoms with E-state index in [4.69, 9.17) is 23.2 Å². The highest BCUT2D eigenvalue weighted by Crippen LogP contribution is 2.31. The number of imide groups is 1. The summed E-state index contributed by atoms with van der Waals surface area (Å²) in [5, 5.41) is 0.410. The van der Waals surface area contributed by atoms with Gasteiger partial charge in [0, 0.05) is 6.54 Å². The molecule has 0 unspecified atom stereocenters. The standard InChI is InChI=1S/C12H9Cl2NO4/c1-19-10(16)2-3-15-11(17)6-4-8(13)9(14)5-7(6)12(15)18/h4-5H,2-3H2,1H3. The second-order valence-corrected chi connectivity index (χ2v) is 4.71. The number of halogens is 2. The number of fused-ring (bicyclic) bond motifs is 1. The zero-order chi connectivity index (χ0) is 14.2. The van der Waals surface area contributed by atoms with Gasteiger partial charge in [0.2, 0.25) is 0 Å². The van der Waals surface area contributed by atoms with Crippen molar-refractivity contribution in [1.29, 1.82) is 0 Å². The lowest BCUT2D eigenvalue weighted by molar-refractivity contribution is -0.140. The number of methoxy groups -OCH3 is 1. The maximum atomic E-state index is 12.0. The molecule has 1 aromatic rings. The Balaban J connectivity index is 2.26. The lowest BCUT2D eigenvalue weighted by Crippen LogP contribution is -2.32. The summed E-state index contributed by atoms with van der Waals surface area (Å²) in [7, 11) is 1.24. The van der Waals surface area contributed by atoms with Gasteiger partial charge in [0.1, 0.15) is 0 Å². The third kappa shape index (κ3) is 2.43. The highest BCUT2D eigenvalue weighted by atomic mass is 35.5. The Morgan fingerprint density at radius 3 is 2.05 bits per heavy atom. The molecule has 19 heavy (non-hydrogen) atoms. The maximum absolute atomic E-state index is 12.0. The molecule has 0 saturated heterocycles. The monoisotopic (exact) mass is 301 g/mol. The van der Waals surface area contributed by atoms with Crippen molar-refractivity contribution in [2.75, 3.05) is 13.7 Å². The number of nitrogens with zero attached hydrogens (tertiary/aromatic N) is 1. The summed E-state index contributed by atoms with van der Waals surface area (Å²) in [5.41, 5.74) is 0.397. The van der Waals surface area contributed by atoms with E-state index in [0.717, 1.165) is 4.90 Å². The van der Waals surface area contributed by atoms with Crippen LogP contribution in [0, 0.1) is 0 Å². The molecule has 2 rings (SSSR count). The minimum atomic E-state index is -0.493. The van der Waals surface area contributed by atoms with Crippen LogP contribution in [0.1, 0.15) is 27.1 Å². The Morgan fingerprint density at radius 2 is 1.63 bits per heavy atom. The van der Waals surface area contributed by atoms with E-state index in [1.807, 2.05) is 0 Å². The topological polar surface area (TPSA) is 63.7 Å². The van der Waals surface area contributed by atoms with Crippen LogP contribution in [0.25, 0.3) is 0 Å². The van der Waals surface area contributed by atoms with Crippen LogP contribution in [0.5, 0.6) is 0 Å². The normalized spacial score (nSPS) is 13.7. The molecule has 0 saturated carbocycles. The predicted molar refractivity (Wildman–Crippen MR) is 68.5 cm³/mol. The molecule has 1 aromatic carbocycles. The zero-order valence-electron chi connectivity index (χ0n) is 9.91. The SMILES string of the molecule is COC(=O)CCN1C(=O)c2cc(Cl)c(Cl)cc2C1=O. The first kappa shape index (κ1) is 13.8. The minimum absolute atomic E-state index is 0.0335. The number of hydrogen-bond donors (Lipinski definition) is 0. The number of amides is 2. The highest BCUT2D eigenvalue weighted by molar-refractivity contribution is 6.43. The Hall–Kier alpha value is -1.59. The van der Waals surface area contributed by atoms with Gasteiger partial charge in [0.25, 0.3) is 11.8 Å². The van der Waals surface area contributed by atoms with Gasteiger partial charge in [-0.2, -0.15) is 0 Å². The molecule has 0 bridgehead atoms. The van der Waals surface area contributed by atoms with Crippen molar-refractivity contribution < 1.29 is 19.1 Å². The van der Waals surface area contributed by atoms with Gasteiger partial charge < -0.3 is 4.74 Å². The summed E-state index contributed by atoms with van der Waals surface area (Å²) >= 11 is 11.6. The van der Waals surface area contributed by atoms with Crippen molar-refractivity contribution in [3.8, 4) is 0 Å². The van der Waals surface area contributed by atoms with E-state index in [0.29, 0.717) is 0 Å². The number of esters is 1. The van der Waals surface area contributed by atoms with Crippen LogP contribution < -0.4 is 0 Å². The first-order chi connectivity index (χ1) is 8.95. The Labute approximate surface area is 119 Å². The second-order valence-electron chi connectivity index (χ2n) is 3.90. The van der Waals surface area contributed by atoms with Crippen LogP contribution in [-0.4, -0.2) is 36.3 Å². The molecule has 0 fully saturated rings. The van der Waals surface area contributed by atoms with E-state index in [1.165, 1.54) is 19.2 Å². The largest absolute Gasteiger partial charge is 0.469 e. The first-order valence-corrected chi connectivity index (χ1v) is 6.13. The van der Waals surface area contributed by atoms with Gasteiger partial charge in [-0.1, -0.05) is 23.2 Å². The zero-order valence-corrected chi connectivity index (χ0v) is 11.4. The first-order valence-electron chi connectivity index (χ1n) is 5.37. The van der Waals surface area contributed by atoms with Gasteiger partial charge >= 0.3 is 5.97 Å². The third-order valence-electron chi connectivity index (χ3n) is 2.78. The van der Waals surface area contributed by atoms with E-state index in [-0.39, 0.29) is 34.1 Å². The quantitative estimate of drug-likeness (QED) is 0.634. The highest BCUT2D eigenvalue weighted by Gasteiger charge is 2.36. The van der Waals surface area contributed by atoms with E-state index in [1.54, 1.807) is 0 Å². The Bertz CT molecular complexity index is 544. The molecule has 100 valence electrons. The Morgan fingerprint density at radius 1 is 1.16 bits per heavy atom. The summed E-state index contributed by atoms with van der Waals surface area (Å²) in [5.74, 6) is -1.46. The van der Waals surface area contributed by atoms with Crippen LogP contribution in [0.15, 0.2) is 12.1 Å². The van der Waals surface area contributed by atoms with E-state index in [2.05, 4.69) is 4.74 Å². The number of carbonyl (C=O) groups is 3. The summed E-state index contributed by atoms with van der Waals surface area (Å²) in [6.07, 6.45) is -0.0521. The molecule has 0 aliphatic carbocycles. The van der Waals surface area contributed by atoms with Crippen LogP contribution in [0.4, 0.5) is 0 Å². The van der Waals surface area contributed by atoms with Crippen LogP contribution in [0.2, 0.25) is 10.0 Å². The van der Waals surface area contributed by atoms with Crippen LogP contribution in [-0.2, 0) is 9.53 Å². The van der Waals surface area contributed by atoms with Gasteiger partial charge in [-0.25, -0.2) is 0 Å². The average Bonchev–Trinajstić information content (AvgIpc) is 2.60. The maximum Gasteiger partial charge on any atom is 0.307 e. The van der Waals surface area contributed by atoms with Crippen LogP contribution in [0.3, 0.4) is 0 Å². The minimum Gasteiger partial charge on any atom is -0.469 e. The van der Waals surface area contributed by atoms with Crippen molar-refractivity contribution in [3.63, 3.8) is 0 Å². The third-order valence-corrected chi connectivity index (χ3v) is 3.50. The van der Waals surface area contributed by atoms with E-state index >= 15 is 0 Å². The van der Waals surface area contributed by atoms with Gasteiger partial charge in [-0.3, -0.25) is 19.3 Å². The molecule has 0 aromatic heterocycles. The fraction of sp³-hybridized carbons (Fsp3) is 0.250. The van der Waals surface area contributed by atoms with E-state index < -0.39 is 17.8 Å². The summed E-state index contributed by atoms with van der Waals surface area (Å²) in [6, 6.07) is 2.72. The summed E-state index contributed by atoms with van der Waals surface area (Å²) < 4.78 is 4.47. The Kier molecular flexibility index (Phi) is 3.78. The van der Waals surface area contributed by atoms with Gasteiger partial charge in [-0.05, 0) is 12.1 Å². The second kappa shape index (κ2) is 5.19. The van der Waals surface area contributed by atoms with Crippen molar-refractivity contribution in [3.05, 3.63) is 33.3 Å². The molecule has 0 N–H and O–H groups in total. The molecular formula is C12H9Cl2NO4. The molecule has 1 aliphatic heterocycles. The lowest BCUT2D eigenvalue weighted by atomic mass is 10.1. The lowest BCUT2D eigenvalue weighted by Gasteiger charge is -2.12. The van der Waals surface area contributed by atoms with Gasteiger partial charge in [0.15, 0.2) is 0 Å². The molecule has 0 atom stereocenters. The van der Waals surface area contributed by atoms with Crippen molar-refractivity contribution in [1.82, 2.24) is 4.90 Å². The van der Waals surface area contributed by atoms with Crippen LogP contribution >= 0.6 is 23.2 Å². The fourth-order valence-corrected chi connectivity index (χ4v) is 2.12. The molecular weight excluding hydrogens is 293 g/mol. The summed E-state index contributed by atoms with van der Waals surface area (Å²) in [6.45, 7) is -0.0335. The molecule has 0 radical (unpaired) electrons. The summed E-state index contributed by atoms with van der Waals surface area (Å²) in [4.78, 5) is 36.1. The molecule has 0 spiro atoms. The van der Waals surface area contributed by atoms with Gasteiger partial charge in [0.05, 0.1) is 34.7 Å². The fourth-order valence-electron chi connectivity index (χ4n) is 1.79. The molecule has 7 heteroatoms. The van der Waals surface area contributed by atoms with Gasteiger partial charge in [-0.15, -0.1) is 0 Å². The molecule has 5 nitrogen and oxygen atoms in total. The average molecular weight is 302 g/mol. The molecule has 2 amide bonds. The van der Waals surface area contributed by atoms with E-state index in [9.17, 15) is 14.4 Å². The van der Waals surface area contributed by atoms with Crippen molar-refractivity contribution in [2.24, 2.45) is 0 Å². The van der Waals surface area contributed by atoms with Crippen molar-refractivity contribution >= 4 is 41.0 Å². The number of benzene rings is 1. The number of hydrogen-bond acceptors (Lipinski definition) is 4. The number of carbonyl (C=O) groups excluding carboxylic acids is 3. The predicted octanol–water partition coefficient (Wildman–Crippen LogP) is 2.15. The van der Waals surface area contributed by atoms with Crippen molar-refractivity contribution in [2.45, 2.75) is 6.42 Å².